The molecule has 2 N–H and O–H groups in total. The highest BCUT2D eigenvalue weighted by atomic mass is 32.2. The van der Waals surface area contributed by atoms with Crippen molar-refractivity contribution in [1.29, 1.82) is 0 Å². The smallest absolute Gasteiger partial charge is 0.408 e. The van der Waals surface area contributed by atoms with Crippen LogP contribution in [0.5, 0.6) is 0 Å². The lowest BCUT2D eigenvalue weighted by atomic mass is 9.96. The van der Waals surface area contributed by atoms with Crippen molar-refractivity contribution in [2.75, 3.05) is 17.3 Å². The highest BCUT2D eigenvalue weighted by molar-refractivity contribution is 7.98. The minimum absolute atomic E-state index is 0.309. The molecule has 0 aromatic heterocycles. The van der Waals surface area contributed by atoms with Crippen molar-refractivity contribution in [3.05, 3.63) is 77.4 Å². The van der Waals surface area contributed by atoms with Crippen LogP contribution >= 0.6 is 11.8 Å². The number of anilines is 1. The maximum absolute atomic E-state index is 13.9. The predicted molar refractivity (Wildman–Crippen MR) is 163 cm³/mol. The van der Waals surface area contributed by atoms with E-state index in [1.54, 1.807) is 20.8 Å². The van der Waals surface area contributed by atoms with Gasteiger partial charge in [-0.15, -0.1) is 0 Å². The summed E-state index contributed by atoms with van der Waals surface area (Å²) in [7, 11) is 0. The maximum Gasteiger partial charge on any atom is 0.408 e. The second-order valence-corrected chi connectivity index (χ2v) is 11.6. The van der Waals surface area contributed by atoms with E-state index in [2.05, 4.69) is 16.7 Å². The fourth-order valence-electron chi connectivity index (χ4n) is 4.31. The van der Waals surface area contributed by atoms with Gasteiger partial charge in [-0.25, -0.2) is 4.79 Å². The monoisotopic (exact) mass is 559 g/mol. The SMILES string of the molecule is C#CN(C(=O)C(CCSC)NC(=O)OC(C)(C)C)C(C(=O)Nc1ccc2ccccc2c1)c1cc(C)ccc1C. The molecule has 3 aromatic rings. The molecule has 2 unspecified atom stereocenters. The lowest BCUT2D eigenvalue weighted by molar-refractivity contribution is -0.136. The first kappa shape index (κ1) is 30.6. The van der Waals surface area contributed by atoms with E-state index in [1.807, 2.05) is 80.8 Å². The molecule has 8 heteroatoms. The van der Waals surface area contributed by atoms with Gasteiger partial charge in [0.15, 0.2) is 0 Å². The Labute approximate surface area is 241 Å². The first-order valence-corrected chi connectivity index (χ1v) is 14.5. The molecule has 0 spiro atoms. The molecule has 0 heterocycles. The largest absolute Gasteiger partial charge is 0.444 e. The van der Waals surface area contributed by atoms with E-state index in [-0.39, 0.29) is 0 Å². The minimum atomic E-state index is -1.14. The van der Waals surface area contributed by atoms with Gasteiger partial charge in [0.2, 0.25) is 0 Å². The first-order chi connectivity index (χ1) is 18.9. The van der Waals surface area contributed by atoms with Crippen molar-refractivity contribution in [2.24, 2.45) is 0 Å². The summed E-state index contributed by atoms with van der Waals surface area (Å²) >= 11 is 1.53. The predicted octanol–water partition coefficient (Wildman–Crippen LogP) is 6.20. The zero-order valence-electron chi connectivity index (χ0n) is 23.9. The number of amides is 3. The third-order valence-electron chi connectivity index (χ3n) is 6.23. The molecule has 3 amide bonds. The van der Waals surface area contributed by atoms with Gasteiger partial charge in [0.1, 0.15) is 17.7 Å². The molecule has 0 bridgehead atoms. The number of aryl methyl sites for hydroxylation is 2. The second-order valence-electron chi connectivity index (χ2n) is 10.6. The average Bonchev–Trinajstić information content (AvgIpc) is 2.89. The molecule has 3 rings (SSSR count). The summed E-state index contributed by atoms with van der Waals surface area (Å²) in [6.07, 6.45) is 7.42. The van der Waals surface area contributed by atoms with Crippen LogP contribution in [0.2, 0.25) is 0 Å². The summed E-state index contributed by atoms with van der Waals surface area (Å²) in [6.45, 7) is 9.01. The van der Waals surface area contributed by atoms with Gasteiger partial charge in [0.25, 0.3) is 11.8 Å². The van der Waals surface area contributed by atoms with E-state index in [1.165, 1.54) is 11.8 Å². The van der Waals surface area contributed by atoms with Crippen LogP contribution in [0.3, 0.4) is 0 Å². The van der Waals surface area contributed by atoms with Crippen LogP contribution in [-0.2, 0) is 14.3 Å². The highest BCUT2D eigenvalue weighted by Gasteiger charge is 2.36. The van der Waals surface area contributed by atoms with Gasteiger partial charge in [-0.05, 0) is 87.1 Å². The number of carbonyl (C=O) groups is 3. The lowest BCUT2D eigenvalue weighted by Gasteiger charge is -2.31. The average molecular weight is 560 g/mol. The van der Waals surface area contributed by atoms with E-state index < -0.39 is 35.6 Å². The van der Waals surface area contributed by atoms with Crippen LogP contribution in [0.1, 0.15) is 49.9 Å². The van der Waals surface area contributed by atoms with Gasteiger partial charge in [0.05, 0.1) is 0 Å². The fraction of sp³-hybridized carbons (Fsp3) is 0.344. The number of thioether (sulfide) groups is 1. The van der Waals surface area contributed by atoms with E-state index in [4.69, 9.17) is 11.2 Å². The molecule has 0 saturated carbocycles. The molecule has 0 fully saturated rings. The van der Waals surface area contributed by atoms with Crippen LogP contribution in [0.25, 0.3) is 10.8 Å². The molecule has 210 valence electrons. The first-order valence-electron chi connectivity index (χ1n) is 13.1. The Balaban J connectivity index is 2.01. The number of nitrogens with zero attached hydrogens (tertiary/aromatic N) is 1. The van der Waals surface area contributed by atoms with Crippen molar-refractivity contribution in [3.8, 4) is 12.5 Å². The van der Waals surface area contributed by atoms with Crippen LogP contribution < -0.4 is 10.6 Å². The standard InChI is InChI=1S/C32H37N3O4S/c1-8-35(30(37)27(17-18-40-7)34-31(38)39-32(4,5)6)28(26-19-21(2)13-14-22(26)3)29(36)33-25-16-15-23-11-9-10-12-24(23)20-25/h1,9-16,19-20,27-28H,17-18H2,2-7H3,(H,33,36)(H,34,38). The zero-order chi connectivity index (χ0) is 29.4. The van der Waals surface area contributed by atoms with Gasteiger partial charge in [0, 0.05) is 11.7 Å². The molecule has 3 aromatic carbocycles. The molecule has 0 aliphatic rings. The van der Waals surface area contributed by atoms with Gasteiger partial charge in [-0.2, -0.15) is 11.8 Å². The third-order valence-corrected chi connectivity index (χ3v) is 6.87. The van der Waals surface area contributed by atoms with Gasteiger partial charge in [-0.1, -0.05) is 60.5 Å². The number of fused-ring (bicyclic) bond motifs is 1. The second kappa shape index (κ2) is 13.4. The van der Waals surface area contributed by atoms with E-state index in [0.29, 0.717) is 23.4 Å². The molecule has 7 nitrogen and oxygen atoms in total. The van der Waals surface area contributed by atoms with Gasteiger partial charge >= 0.3 is 6.09 Å². The summed E-state index contributed by atoms with van der Waals surface area (Å²) < 4.78 is 5.39. The van der Waals surface area contributed by atoms with E-state index >= 15 is 0 Å². The number of hydrogen-bond donors (Lipinski definition) is 2. The molecule has 40 heavy (non-hydrogen) atoms. The lowest BCUT2D eigenvalue weighted by Crippen LogP contribution is -2.51. The van der Waals surface area contributed by atoms with E-state index in [9.17, 15) is 14.4 Å². The Morgan fingerprint density at radius 1 is 1.02 bits per heavy atom. The summed E-state index contributed by atoms with van der Waals surface area (Å²) in [6, 6.07) is 19.4. The van der Waals surface area contributed by atoms with Crippen molar-refractivity contribution in [2.45, 2.75) is 58.7 Å². The number of hydrogen-bond acceptors (Lipinski definition) is 5. The molecular formula is C32H37N3O4S. The quantitative estimate of drug-likeness (QED) is 0.241. The van der Waals surface area contributed by atoms with Crippen LogP contribution in [0.15, 0.2) is 60.7 Å². The van der Waals surface area contributed by atoms with Crippen molar-refractivity contribution >= 4 is 46.1 Å². The number of rotatable bonds is 9. The van der Waals surface area contributed by atoms with Crippen molar-refractivity contribution < 1.29 is 19.1 Å². The minimum Gasteiger partial charge on any atom is -0.444 e. The van der Waals surface area contributed by atoms with Crippen molar-refractivity contribution in [1.82, 2.24) is 10.2 Å². The van der Waals surface area contributed by atoms with Crippen LogP contribution in [0.4, 0.5) is 10.5 Å². The Bertz CT molecular complexity index is 1420. The van der Waals surface area contributed by atoms with E-state index in [0.717, 1.165) is 26.8 Å². The number of benzene rings is 3. The molecule has 2 atom stereocenters. The summed E-state index contributed by atoms with van der Waals surface area (Å²) in [4.78, 5) is 41.6. The van der Waals surface area contributed by atoms with Crippen LogP contribution in [0, 0.1) is 26.3 Å². The number of nitrogens with one attached hydrogen (secondary N) is 2. The Morgan fingerprint density at radius 3 is 2.38 bits per heavy atom. The zero-order valence-corrected chi connectivity index (χ0v) is 24.7. The van der Waals surface area contributed by atoms with Crippen molar-refractivity contribution in [3.63, 3.8) is 0 Å². The summed E-state index contributed by atoms with van der Waals surface area (Å²) in [5.74, 6) is -0.444. The number of carbonyl (C=O) groups excluding carboxylic acids is 3. The number of terminal acetylenes is 1. The van der Waals surface area contributed by atoms with Gasteiger partial charge in [-0.3, -0.25) is 14.5 Å². The number of ether oxygens (including phenoxy) is 1. The Kier molecular flexibility index (Phi) is 10.2. The Hall–Kier alpha value is -3.96. The fourth-order valence-corrected chi connectivity index (χ4v) is 4.78. The summed E-state index contributed by atoms with van der Waals surface area (Å²) in [5, 5.41) is 7.63. The maximum atomic E-state index is 13.9. The third kappa shape index (κ3) is 8.03. The normalized spacial score (nSPS) is 12.6. The highest BCUT2D eigenvalue weighted by Crippen LogP contribution is 2.29. The van der Waals surface area contributed by atoms with Crippen LogP contribution in [-0.4, -0.2) is 46.5 Å². The number of alkyl carbamates (subject to hydrolysis) is 1. The molecule has 0 aliphatic carbocycles. The molecule has 0 aliphatic heterocycles. The van der Waals surface area contributed by atoms with Gasteiger partial charge < -0.3 is 15.4 Å². The molecular weight excluding hydrogens is 522 g/mol. The molecule has 0 radical (unpaired) electrons. The Morgan fingerprint density at radius 2 is 1.73 bits per heavy atom. The summed E-state index contributed by atoms with van der Waals surface area (Å²) in [5.41, 5.74) is 2.15. The topological polar surface area (TPSA) is 87.7 Å². The molecule has 0 saturated heterocycles.